The minimum Gasteiger partial charge on any atom is -0.383 e. The molecule has 0 saturated carbocycles. The maximum absolute atomic E-state index is 5.89. The average Bonchev–Trinajstić information content (AvgIpc) is 2.36. The molecule has 0 bridgehead atoms. The normalized spacial score (nSPS) is 12.1. The van der Waals surface area contributed by atoms with Gasteiger partial charge in [-0.05, 0) is 31.5 Å². The topological polar surface area (TPSA) is 56.8 Å². The Hall–Kier alpha value is -1.10. The molecule has 1 aromatic rings. The first-order valence-electron chi connectivity index (χ1n) is 5.94. The summed E-state index contributed by atoms with van der Waals surface area (Å²) in [4.78, 5) is 4.26. The summed E-state index contributed by atoms with van der Waals surface area (Å²) in [6, 6.07) is 7.50. The Kier molecular flexibility index (Phi) is 6.72. The van der Waals surface area contributed by atoms with E-state index in [0.29, 0.717) is 30.6 Å². The van der Waals surface area contributed by atoms with Crippen LogP contribution < -0.4 is 5.73 Å². The van der Waals surface area contributed by atoms with Crippen LogP contribution in [0.2, 0.25) is 5.02 Å². The third-order valence-electron chi connectivity index (χ3n) is 2.21. The van der Waals surface area contributed by atoms with E-state index < -0.39 is 6.29 Å². The van der Waals surface area contributed by atoms with Crippen LogP contribution in [0.3, 0.4) is 0 Å². The number of hydrogen-bond donors (Lipinski definition) is 1. The van der Waals surface area contributed by atoms with Crippen molar-refractivity contribution in [2.45, 2.75) is 26.7 Å². The van der Waals surface area contributed by atoms with Crippen LogP contribution in [0.25, 0.3) is 0 Å². The molecule has 0 aliphatic carbocycles. The highest BCUT2D eigenvalue weighted by molar-refractivity contribution is 6.30. The second-order valence-electron chi connectivity index (χ2n) is 3.61. The van der Waals surface area contributed by atoms with Crippen LogP contribution in [-0.2, 0) is 16.0 Å². The molecule has 5 heteroatoms. The molecule has 1 rings (SSSR count). The molecule has 2 N–H and O–H groups in total. The lowest BCUT2D eigenvalue weighted by Crippen LogP contribution is -2.34. The second-order valence-corrected chi connectivity index (χ2v) is 4.05. The molecule has 0 amide bonds. The standard InChI is InChI=1S/C13H19ClN2O2/c1-3-17-13(18-4-2)12(15)16-9-10-6-5-7-11(14)8-10/h5-8,13H,3-4,9H2,1-2H3,(H2,15,16). The first-order chi connectivity index (χ1) is 8.67. The zero-order valence-corrected chi connectivity index (χ0v) is 11.5. The summed E-state index contributed by atoms with van der Waals surface area (Å²) < 4.78 is 10.7. The molecule has 0 aromatic heterocycles. The van der Waals surface area contributed by atoms with Gasteiger partial charge >= 0.3 is 0 Å². The van der Waals surface area contributed by atoms with Crippen molar-refractivity contribution in [1.29, 1.82) is 0 Å². The van der Waals surface area contributed by atoms with E-state index in [1.165, 1.54) is 0 Å². The quantitative estimate of drug-likeness (QED) is 0.471. The minimum atomic E-state index is -0.570. The van der Waals surface area contributed by atoms with E-state index in [0.717, 1.165) is 5.56 Å². The van der Waals surface area contributed by atoms with Gasteiger partial charge in [-0.2, -0.15) is 0 Å². The summed E-state index contributed by atoms with van der Waals surface area (Å²) in [6.45, 7) is 5.28. The molecule has 0 radical (unpaired) electrons. The fraction of sp³-hybridized carbons (Fsp3) is 0.462. The third kappa shape index (κ3) is 5.04. The third-order valence-corrected chi connectivity index (χ3v) is 2.45. The first-order valence-corrected chi connectivity index (χ1v) is 6.32. The van der Waals surface area contributed by atoms with E-state index in [1.807, 2.05) is 38.1 Å². The van der Waals surface area contributed by atoms with Gasteiger partial charge in [0.05, 0.1) is 6.54 Å². The maximum Gasteiger partial charge on any atom is 0.216 e. The summed E-state index contributed by atoms with van der Waals surface area (Å²) in [5, 5.41) is 0.687. The summed E-state index contributed by atoms with van der Waals surface area (Å²) in [6.07, 6.45) is -0.570. The van der Waals surface area contributed by atoms with Gasteiger partial charge in [-0.1, -0.05) is 23.7 Å². The smallest absolute Gasteiger partial charge is 0.216 e. The predicted molar refractivity (Wildman–Crippen MR) is 73.8 cm³/mol. The van der Waals surface area contributed by atoms with Crippen LogP contribution in [-0.4, -0.2) is 25.3 Å². The van der Waals surface area contributed by atoms with Gasteiger partial charge in [-0.3, -0.25) is 4.99 Å². The zero-order chi connectivity index (χ0) is 13.4. The fourth-order valence-corrected chi connectivity index (χ4v) is 1.63. The molecule has 100 valence electrons. The van der Waals surface area contributed by atoms with Gasteiger partial charge in [0.1, 0.15) is 0 Å². The van der Waals surface area contributed by atoms with Gasteiger partial charge in [0.25, 0.3) is 0 Å². The van der Waals surface area contributed by atoms with Gasteiger partial charge in [0, 0.05) is 18.2 Å². The van der Waals surface area contributed by atoms with Gasteiger partial charge in [-0.15, -0.1) is 0 Å². The molecule has 1 aromatic carbocycles. The van der Waals surface area contributed by atoms with Crippen molar-refractivity contribution in [1.82, 2.24) is 0 Å². The van der Waals surface area contributed by atoms with Crippen molar-refractivity contribution in [2.24, 2.45) is 10.7 Å². The number of nitrogens with zero attached hydrogens (tertiary/aromatic N) is 1. The number of rotatable bonds is 7. The highest BCUT2D eigenvalue weighted by atomic mass is 35.5. The highest BCUT2D eigenvalue weighted by Crippen LogP contribution is 2.11. The predicted octanol–water partition coefficient (Wildman–Crippen LogP) is 2.60. The second kappa shape index (κ2) is 8.08. The zero-order valence-electron chi connectivity index (χ0n) is 10.7. The van der Waals surface area contributed by atoms with E-state index in [1.54, 1.807) is 0 Å². The molecule has 0 aliphatic rings. The number of hydrogen-bond acceptors (Lipinski definition) is 3. The monoisotopic (exact) mass is 270 g/mol. The summed E-state index contributed by atoms with van der Waals surface area (Å²) >= 11 is 5.89. The molecular formula is C13H19ClN2O2. The number of nitrogens with two attached hydrogens (primary N) is 1. The number of aliphatic imine (C=N–C) groups is 1. The van der Waals surface area contributed by atoms with Gasteiger partial charge in [-0.25, -0.2) is 0 Å². The lowest BCUT2D eigenvalue weighted by molar-refractivity contribution is -0.0907. The van der Waals surface area contributed by atoms with Crippen LogP contribution in [0.1, 0.15) is 19.4 Å². The average molecular weight is 271 g/mol. The molecule has 0 aliphatic heterocycles. The molecule has 4 nitrogen and oxygen atoms in total. The van der Waals surface area contributed by atoms with Crippen LogP contribution in [0.15, 0.2) is 29.3 Å². The molecule has 18 heavy (non-hydrogen) atoms. The molecule has 0 fully saturated rings. The van der Waals surface area contributed by atoms with Crippen LogP contribution in [0.5, 0.6) is 0 Å². The summed E-state index contributed by atoms with van der Waals surface area (Å²) in [5.74, 6) is 0.346. The molecule has 0 heterocycles. The summed E-state index contributed by atoms with van der Waals surface area (Å²) in [7, 11) is 0. The van der Waals surface area contributed by atoms with Crippen LogP contribution in [0.4, 0.5) is 0 Å². The van der Waals surface area contributed by atoms with Crippen molar-refractivity contribution in [2.75, 3.05) is 13.2 Å². The lowest BCUT2D eigenvalue weighted by Gasteiger charge is -2.16. The van der Waals surface area contributed by atoms with E-state index in [9.17, 15) is 0 Å². The van der Waals surface area contributed by atoms with E-state index >= 15 is 0 Å². The Balaban J connectivity index is 2.63. The Morgan fingerprint density at radius 3 is 2.56 bits per heavy atom. The number of amidine groups is 1. The van der Waals surface area contributed by atoms with Crippen molar-refractivity contribution in [3.63, 3.8) is 0 Å². The van der Waals surface area contributed by atoms with E-state index in [4.69, 9.17) is 26.8 Å². The Labute approximate surface area is 113 Å². The number of benzene rings is 1. The van der Waals surface area contributed by atoms with Gasteiger partial charge in [0.2, 0.25) is 6.29 Å². The van der Waals surface area contributed by atoms with Crippen LogP contribution in [0, 0.1) is 0 Å². The first kappa shape index (κ1) is 15.0. The molecule has 0 spiro atoms. The molecular weight excluding hydrogens is 252 g/mol. The largest absolute Gasteiger partial charge is 0.383 e. The van der Waals surface area contributed by atoms with Crippen LogP contribution >= 0.6 is 11.6 Å². The van der Waals surface area contributed by atoms with E-state index in [-0.39, 0.29) is 0 Å². The SMILES string of the molecule is CCOC(OCC)C(N)=NCc1cccc(Cl)c1. The van der Waals surface area contributed by atoms with Crippen molar-refractivity contribution < 1.29 is 9.47 Å². The van der Waals surface area contributed by atoms with E-state index in [2.05, 4.69) is 4.99 Å². The Morgan fingerprint density at radius 1 is 1.33 bits per heavy atom. The minimum absolute atomic E-state index is 0.346. The molecule has 0 unspecified atom stereocenters. The Bertz CT molecular complexity index is 390. The number of halogens is 1. The molecule has 0 saturated heterocycles. The van der Waals surface area contributed by atoms with Crippen molar-refractivity contribution in [3.05, 3.63) is 34.9 Å². The van der Waals surface area contributed by atoms with Crippen molar-refractivity contribution in [3.8, 4) is 0 Å². The maximum atomic E-state index is 5.89. The fourth-order valence-electron chi connectivity index (χ4n) is 1.41. The van der Waals surface area contributed by atoms with Crippen molar-refractivity contribution >= 4 is 17.4 Å². The van der Waals surface area contributed by atoms with Gasteiger partial charge in [0.15, 0.2) is 5.84 Å². The highest BCUT2D eigenvalue weighted by Gasteiger charge is 2.12. The Morgan fingerprint density at radius 2 is 2.00 bits per heavy atom. The lowest BCUT2D eigenvalue weighted by atomic mass is 10.2. The van der Waals surface area contributed by atoms with Gasteiger partial charge < -0.3 is 15.2 Å². The summed E-state index contributed by atoms with van der Waals surface area (Å²) in [5.41, 5.74) is 6.84. The molecule has 0 atom stereocenters. The number of ether oxygens (including phenoxy) is 2.